The molecule has 0 radical (unpaired) electrons. The van der Waals surface area contributed by atoms with E-state index < -0.39 is 10.0 Å². The van der Waals surface area contributed by atoms with Gasteiger partial charge in [0.05, 0.1) is 4.90 Å². The topological polar surface area (TPSA) is 72.2 Å². The number of hydrogen-bond acceptors (Lipinski definition) is 4. The Morgan fingerprint density at radius 2 is 2.11 bits per heavy atom. The first-order valence-electron chi connectivity index (χ1n) is 6.83. The molecule has 1 aliphatic carbocycles. The number of thiophene rings is 1. The molecule has 0 aliphatic heterocycles. The molecular weight excluding hydrogens is 280 g/mol. The van der Waals surface area contributed by atoms with Gasteiger partial charge in [0, 0.05) is 17.5 Å². The molecule has 0 saturated heterocycles. The van der Waals surface area contributed by atoms with Gasteiger partial charge in [-0.2, -0.15) is 0 Å². The summed E-state index contributed by atoms with van der Waals surface area (Å²) in [6.07, 6.45) is 5.54. The zero-order valence-electron chi connectivity index (χ0n) is 11.3. The molecule has 1 aromatic heterocycles. The second-order valence-electron chi connectivity index (χ2n) is 5.26. The molecule has 1 saturated carbocycles. The van der Waals surface area contributed by atoms with E-state index in [1.165, 1.54) is 24.2 Å². The van der Waals surface area contributed by atoms with Crippen LogP contribution in [0.2, 0.25) is 0 Å². The van der Waals surface area contributed by atoms with Gasteiger partial charge < -0.3 is 5.73 Å². The third-order valence-corrected chi connectivity index (χ3v) is 6.49. The Morgan fingerprint density at radius 1 is 1.37 bits per heavy atom. The van der Waals surface area contributed by atoms with Crippen LogP contribution in [-0.4, -0.2) is 14.5 Å². The fourth-order valence-corrected chi connectivity index (χ4v) is 5.36. The first kappa shape index (κ1) is 15.0. The lowest BCUT2D eigenvalue weighted by Crippen LogP contribution is -2.39. The Balaban J connectivity index is 2.16. The van der Waals surface area contributed by atoms with Gasteiger partial charge in [0.2, 0.25) is 10.0 Å². The summed E-state index contributed by atoms with van der Waals surface area (Å²) >= 11 is 1.40. The smallest absolute Gasteiger partial charge is 0.241 e. The average molecular weight is 302 g/mol. The lowest BCUT2D eigenvalue weighted by molar-refractivity contribution is 0.399. The normalized spacial score (nSPS) is 25.2. The molecular formula is C13H22N2O2S2. The van der Waals surface area contributed by atoms with Gasteiger partial charge in [-0.3, -0.25) is 0 Å². The number of hydrogen-bond donors (Lipinski definition) is 2. The Morgan fingerprint density at radius 3 is 2.84 bits per heavy atom. The maximum absolute atomic E-state index is 12.4. The summed E-state index contributed by atoms with van der Waals surface area (Å²) in [7, 11) is -3.43. The van der Waals surface area contributed by atoms with E-state index in [-0.39, 0.29) is 12.6 Å². The van der Waals surface area contributed by atoms with Gasteiger partial charge in [-0.15, -0.1) is 11.3 Å². The highest BCUT2D eigenvalue weighted by atomic mass is 32.2. The van der Waals surface area contributed by atoms with Gasteiger partial charge in [0.15, 0.2) is 0 Å². The van der Waals surface area contributed by atoms with Crippen LogP contribution in [-0.2, 0) is 16.6 Å². The van der Waals surface area contributed by atoms with E-state index in [1.807, 2.05) is 0 Å². The largest absolute Gasteiger partial charge is 0.326 e. The van der Waals surface area contributed by atoms with Crippen LogP contribution < -0.4 is 10.5 Å². The van der Waals surface area contributed by atoms with Crippen LogP contribution >= 0.6 is 11.3 Å². The fourth-order valence-electron chi connectivity index (χ4n) is 2.65. The quantitative estimate of drug-likeness (QED) is 0.839. The van der Waals surface area contributed by atoms with Crippen LogP contribution in [0, 0.1) is 5.92 Å². The van der Waals surface area contributed by atoms with Crippen molar-refractivity contribution in [1.82, 2.24) is 4.72 Å². The van der Waals surface area contributed by atoms with Crippen LogP contribution in [0.4, 0.5) is 0 Å². The maximum Gasteiger partial charge on any atom is 0.241 e. The third-order valence-electron chi connectivity index (χ3n) is 3.85. The fraction of sp³-hybridized carbons (Fsp3) is 0.692. The van der Waals surface area contributed by atoms with Gasteiger partial charge in [-0.05, 0) is 30.2 Å². The summed E-state index contributed by atoms with van der Waals surface area (Å²) in [6.45, 7) is 2.41. The van der Waals surface area contributed by atoms with E-state index in [1.54, 1.807) is 11.4 Å². The van der Waals surface area contributed by atoms with Crippen molar-refractivity contribution in [3.63, 3.8) is 0 Å². The van der Waals surface area contributed by atoms with Crippen LogP contribution in [0.15, 0.2) is 16.3 Å². The molecule has 0 bridgehead atoms. The molecule has 2 unspecified atom stereocenters. The highest BCUT2D eigenvalue weighted by Crippen LogP contribution is 2.26. The Kier molecular flexibility index (Phi) is 5.00. The molecule has 1 heterocycles. The van der Waals surface area contributed by atoms with Crippen molar-refractivity contribution in [2.24, 2.45) is 11.7 Å². The van der Waals surface area contributed by atoms with E-state index in [9.17, 15) is 8.42 Å². The van der Waals surface area contributed by atoms with Crippen molar-refractivity contribution in [2.45, 2.75) is 56.5 Å². The lowest BCUT2D eigenvalue weighted by atomic mass is 9.98. The molecule has 2 atom stereocenters. The molecule has 2 rings (SSSR count). The van der Waals surface area contributed by atoms with Gasteiger partial charge >= 0.3 is 0 Å². The van der Waals surface area contributed by atoms with Crippen LogP contribution in [0.5, 0.6) is 0 Å². The molecule has 1 aliphatic rings. The van der Waals surface area contributed by atoms with Crippen molar-refractivity contribution in [1.29, 1.82) is 0 Å². The van der Waals surface area contributed by atoms with Crippen molar-refractivity contribution in [3.8, 4) is 0 Å². The van der Waals surface area contributed by atoms with E-state index in [4.69, 9.17) is 5.73 Å². The molecule has 0 aromatic carbocycles. The monoisotopic (exact) mass is 302 g/mol. The van der Waals surface area contributed by atoms with Crippen molar-refractivity contribution >= 4 is 21.4 Å². The summed E-state index contributed by atoms with van der Waals surface area (Å²) in [5.74, 6) is 0.400. The standard InChI is InChI=1S/C13H22N2O2S2/c1-10-5-3-2-4-6-11(10)15-19(16,17)13-7-8-18-12(13)9-14/h7-8,10-11,15H,2-6,9,14H2,1H3. The summed E-state index contributed by atoms with van der Waals surface area (Å²) in [5.41, 5.74) is 5.60. The minimum Gasteiger partial charge on any atom is -0.326 e. The number of nitrogens with one attached hydrogen (secondary N) is 1. The molecule has 0 amide bonds. The van der Waals surface area contributed by atoms with E-state index in [0.717, 1.165) is 24.1 Å². The van der Waals surface area contributed by atoms with Gasteiger partial charge in [-0.25, -0.2) is 13.1 Å². The molecule has 19 heavy (non-hydrogen) atoms. The summed E-state index contributed by atoms with van der Waals surface area (Å²) in [4.78, 5) is 1.09. The van der Waals surface area contributed by atoms with Crippen LogP contribution in [0.1, 0.15) is 43.9 Å². The Hall–Kier alpha value is -0.430. The molecule has 4 nitrogen and oxygen atoms in total. The third kappa shape index (κ3) is 3.56. The van der Waals surface area contributed by atoms with E-state index in [0.29, 0.717) is 10.8 Å². The molecule has 3 N–H and O–H groups in total. The summed E-state index contributed by atoms with van der Waals surface area (Å²) in [6, 6.07) is 1.70. The predicted octanol–water partition coefficient (Wildman–Crippen LogP) is 2.45. The highest BCUT2D eigenvalue weighted by molar-refractivity contribution is 7.89. The first-order valence-corrected chi connectivity index (χ1v) is 9.19. The van der Waals surface area contributed by atoms with Gasteiger partial charge in [-0.1, -0.05) is 26.2 Å². The molecule has 1 aromatic rings. The molecule has 6 heteroatoms. The minimum atomic E-state index is -3.43. The average Bonchev–Trinajstić information content (AvgIpc) is 2.78. The van der Waals surface area contributed by atoms with Crippen LogP contribution in [0.3, 0.4) is 0 Å². The molecule has 0 spiro atoms. The zero-order valence-corrected chi connectivity index (χ0v) is 12.9. The second-order valence-corrected chi connectivity index (χ2v) is 7.94. The van der Waals surface area contributed by atoms with Gasteiger partial charge in [0.1, 0.15) is 0 Å². The van der Waals surface area contributed by atoms with Crippen molar-refractivity contribution in [2.75, 3.05) is 0 Å². The Bertz CT molecular complexity index is 510. The second kappa shape index (κ2) is 6.35. The van der Waals surface area contributed by atoms with Crippen LogP contribution in [0.25, 0.3) is 0 Å². The number of rotatable bonds is 4. The first-order chi connectivity index (χ1) is 9.04. The molecule has 108 valence electrons. The summed E-state index contributed by atoms with van der Waals surface area (Å²) in [5, 5.41) is 1.78. The predicted molar refractivity (Wildman–Crippen MR) is 78.6 cm³/mol. The Labute approximate surface area is 119 Å². The van der Waals surface area contributed by atoms with Crippen molar-refractivity contribution < 1.29 is 8.42 Å². The highest BCUT2D eigenvalue weighted by Gasteiger charge is 2.27. The number of sulfonamides is 1. The van der Waals surface area contributed by atoms with E-state index >= 15 is 0 Å². The SMILES string of the molecule is CC1CCCCCC1NS(=O)(=O)c1ccsc1CN. The summed E-state index contributed by atoms with van der Waals surface area (Å²) < 4.78 is 27.8. The maximum atomic E-state index is 12.4. The number of nitrogens with two attached hydrogens (primary N) is 1. The lowest BCUT2D eigenvalue weighted by Gasteiger charge is -2.22. The minimum absolute atomic E-state index is 0.0537. The zero-order chi connectivity index (χ0) is 13.9. The van der Waals surface area contributed by atoms with E-state index in [2.05, 4.69) is 11.6 Å². The molecule has 1 fully saturated rings. The van der Waals surface area contributed by atoms with Crippen molar-refractivity contribution in [3.05, 3.63) is 16.3 Å². The van der Waals surface area contributed by atoms with Gasteiger partial charge in [0.25, 0.3) is 0 Å².